The van der Waals surface area contributed by atoms with Gasteiger partial charge < -0.3 is 19.7 Å². The van der Waals surface area contributed by atoms with Crippen molar-refractivity contribution in [3.05, 3.63) is 88.4 Å². The van der Waals surface area contributed by atoms with Crippen LogP contribution in [0.1, 0.15) is 29.9 Å². The zero-order chi connectivity index (χ0) is 28.8. The summed E-state index contributed by atoms with van der Waals surface area (Å²) in [4.78, 5) is 28.3. The van der Waals surface area contributed by atoms with Crippen LogP contribution in [0.15, 0.2) is 77.3 Å². The lowest BCUT2D eigenvalue weighted by molar-refractivity contribution is -0.133. The number of anilines is 1. The Morgan fingerprint density at radius 1 is 0.976 bits per heavy atom. The molecular formula is C31H31BrN4O4S. The normalized spacial score (nSPS) is 15.7. The third-order valence-electron chi connectivity index (χ3n) is 7.12. The van der Waals surface area contributed by atoms with Crippen LogP contribution in [-0.2, 0) is 16.0 Å². The first-order valence-corrected chi connectivity index (χ1v) is 15.0. The van der Waals surface area contributed by atoms with E-state index in [0.29, 0.717) is 41.1 Å². The molecule has 0 saturated heterocycles. The largest absolute Gasteiger partial charge is 0.493 e. The Balaban J connectivity index is 1.23. The summed E-state index contributed by atoms with van der Waals surface area (Å²) >= 11 is 4.78. The van der Waals surface area contributed by atoms with Crippen LogP contribution in [0, 0.1) is 5.92 Å². The van der Waals surface area contributed by atoms with Crippen LogP contribution in [0.4, 0.5) is 5.13 Å². The van der Waals surface area contributed by atoms with Crippen LogP contribution in [0.5, 0.6) is 11.5 Å². The third-order valence-corrected chi connectivity index (χ3v) is 8.50. The lowest BCUT2D eigenvalue weighted by atomic mass is 10.1. The summed E-state index contributed by atoms with van der Waals surface area (Å²) in [6.45, 7) is 0.804. The molecule has 1 aliphatic carbocycles. The highest BCUT2D eigenvalue weighted by Crippen LogP contribution is 2.48. The van der Waals surface area contributed by atoms with Crippen LogP contribution in [-0.4, -0.2) is 54.2 Å². The number of aromatic nitrogens is 2. The predicted octanol–water partition coefficient (Wildman–Crippen LogP) is 6.19. The molecule has 1 heterocycles. The summed E-state index contributed by atoms with van der Waals surface area (Å²) < 4.78 is 11.7. The molecule has 1 aromatic heterocycles. The number of hydrogen-bond acceptors (Lipinski definition) is 7. The molecule has 1 saturated carbocycles. The second kappa shape index (κ2) is 13.3. The number of hydrogen-bond donors (Lipinski definition) is 1. The molecule has 2 amide bonds. The molecule has 0 aliphatic heterocycles. The fourth-order valence-corrected chi connectivity index (χ4v) is 5.99. The molecule has 4 aromatic rings. The van der Waals surface area contributed by atoms with Crippen molar-refractivity contribution in [1.82, 2.24) is 15.1 Å². The van der Waals surface area contributed by atoms with E-state index in [1.807, 2.05) is 65.6 Å². The van der Waals surface area contributed by atoms with Crippen molar-refractivity contribution < 1.29 is 19.1 Å². The minimum atomic E-state index is -0.207. The Morgan fingerprint density at radius 3 is 2.54 bits per heavy atom. The van der Waals surface area contributed by atoms with E-state index in [1.54, 1.807) is 14.2 Å². The highest BCUT2D eigenvalue weighted by molar-refractivity contribution is 9.10. The van der Waals surface area contributed by atoms with Gasteiger partial charge in [-0.3, -0.25) is 9.59 Å². The van der Waals surface area contributed by atoms with Crippen molar-refractivity contribution >= 4 is 44.2 Å². The van der Waals surface area contributed by atoms with E-state index < -0.39 is 0 Å². The van der Waals surface area contributed by atoms with E-state index in [9.17, 15) is 9.59 Å². The van der Waals surface area contributed by atoms with Gasteiger partial charge in [0.05, 0.1) is 14.2 Å². The maximum atomic E-state index is 13.6. The molecule has 0 radical (unpaired) electrons. The summed E-state index contributed by atoms with van der Waals surface area (Å²) in [7, 11) is 3.21. The SMILES string of the molecule is COc1ccc(CCN(CCC(=O)Nc2nnc(-c3cccc(Br)c3)s2)C(=O)C2CC2c2ccccc2)cc1OC. The maximum Gasteiger partial charge on any atom is 0.227 e. The number of carbonyl (C=O) groups excluding carboxylic acids is 2. The van der Waals surface area contributed by atoms with Gasteiger partial charge in [-0.05, 0) is 54.2 Å². The topological polar surface area (TPSA) is 93.6 Å². The number of nitrogens with one attached hydrogen (secondary N) is 1. The molecule has 212 valence electrons. The van der Waals surface area contributed by atoms with Crippen molar-refractivity contribution in [2.45, 2.75) is 25.2 Å². The zero-order valence-corrected chi connectivity index (χ0v) is 25.3. The standard InChI is InChI=1S/C31H31BrN4O4S/c1-39-26-12-11-20(17-27(26)40-2)13-15-36(30(38)25-19-24(25)21-7-4-3-5-8-21)16-14-28(37)33-31-35-34-29(41-31)22-9-6-10-23(32)18-22/h3-12,17-18,24-25H,13-16,19H2,1-2H3,(H,33,35,37). The molecular weight excluding hydrogens is 604 g/mol. The van der Waals surface area contributed by atoms with Crippen molar-refractivity contribution in [2.24, 2.45) is 5.92 Å². The summed E-state index contributed by atoms with van der Waals surface area (Å²) in [5, 5.41) is 12.3. The smallest absolute Gasteiger partial charge is 0.227 e. The summed E-state index contributed by atoms with van der Waals surface area (Å²) in [5.74, 6) is 1.33. The molecule has 1 aliphatic rings. The quantitative estimate of drug-likeness (QED) is 0.200. The second-order valence-electron chi connectivity index (χ2n) is 9.84. The van der Waals surface area contributed by atoms with Crippen LogP contribution in [0.2, 0.25) is 0 Å². The molecule has 2 atom stereocenters. The van der Waals surface area contributed by atoms with E-state index in [-0.39, 0.29) is 30.1 Å². The number of ether oxygens (including phenoxy) is 2. The van der Waals surface area contributed by atoms with Gasteiger partial charge in [-0.2, -0.15) is 0 Å². The predicted molar refractivity (Wildman–Crippen MR) is 163 cm³/mol. The zero-order valence-electron chi connectivity index (χ0n) is 22.9. The lowest BCUT2D eigenvalue weighted by Crippen LogP contribution is -2.36. The van der Waals surface area contributed by atoms with Crippen LogP contribution < -0.4 is 14.8 Å². The second-order valence-corrected chi connectivity index (χ2v) is 11.7. The van der Waals surface area contributed by atoms with Crippen molar-refractivity contribution in [3.8, 4) is 22.1 Å². The van der Waals surface area contributed by atoms with Crippen molar-refractivity contribution in [2.75, 3.05) is 32.6 Å². The Hall–Kier alpha value is -3.76. The average Bonchev–Trinajstić information content (AvgIpc) is 3.67. The van der Waals surface area contributed by atoms with Gasteiger partial charge >= 0.3 is 0 Å². The van der Waals surface area contributed by atoms with Gasteiger partial charge in [-0.1, -0.05) is 75.8 Å². The Bertz CT molecular complexity index is 1510. The van der Waals surface area contributed by atoms with Gasteiger partial charge in [0.25, 0.3) is 0 Å². The number of amides is 2. The van der Waals surface area contributed by atoms with Crippen molar-refractivity contribution in [3.63, 3.8) is 0 Å². The van der Waals surface area contributed by atoms with Crippen LogP contribution in [0.3, 0.4) is 0 Å². The number of benzene rings is 3. The van der Waals surface area contributed by atoms with E-state index >= 15 is 0 Å². The summed E-state index contributed by atoms with van der Waals surface area (Å²) in [6.07, 6.45) is 1.61. The first-order chi connectivity index (χ1) is 19.9. The van der Waals surface area contributed by atoms with Crippen LogP contribution in [0.25, 0.3) is 10.6 Å². The number of nitrogens with zero attached hydrogens (tertiary/aromatic N) is 3. The summed E-state index contributed by atoms with van der Waals surface area (Å²) in [5.41, 5.74) is 3.12. The Labute approximate surface area is 251 Å². The van der Waals surface area contributed by atoms with Gasteiger partial charge in [0.2, 0.25) is 16.9 Å². The Morgan fingerprint density at radius 2 is 1.78 bits per heavy atom. The van der Waals surface area contributed by atoms with E-state index in [2.05, 4.69) is 43.6 Å². The number of carbonyl (C=O) groups is 2. The number of rotatable bonds is 12. The van der Waals surface area contributed by atoms with E-state index in [0.717, 1.165) is 22.0 Å². The number of halogens is 1. The Kier molecular flexibility index (Phi) is 9.31. The van der Waals surface area contributed by atoms with Gasteiger partial charge in [-0.15, -0.1) is 10.2 Å². The highest BCUT2D eigenvalue weighted by Gasteiger charge is 2.45. The molecule has 1 N–H and O–H groups in total. The molecule has 5 rings (SSSR count). The van der Waals surface area contributed by atoms with Crippen molar-refractivity contribution in [1.29, 1.82) is 0 Å². The molecule has 3 aromatic carbocycles. The first-order valence-electron chi connectivity index (χ1n) is 13.4. The van der Waals surface area contributed by atoms with E-state index in [4.69, 9.17) is 9.47 Å². The number of methoxy groups -OCH3 is 2. The molecule has 41 heavy (non-hydrogen) atoms. The molecule has 0 spiro atoms. The molecule has 10 heteroatoms. The van der Waals surface area contributed by atoms with Gasteiger partial charge in [-0.25, -0.2) is 0 Å². The lowest BCUT2D eigenvalue weighted by Gasteiger charge is -2.23. The molecule has 8 nitrogen and oxygen atoms in total. The van der Waals surface area contributed by atoms with Gasteiger partial charge in [0.15, 0.2) is 11.5 Å². The first kappa shape index (κ1) is 28.8. The molecule has 2 unspecified atom stereocenters. The fraction of sp³-hybridized carbons (Fsp3) is 0.290. The third kappa shape index (κ3) is 7.31. The average molecular weight is 636 g/mol. The minimum absolute atomic E-state index is 0.0678. The fourth-order valence-electron chi connectivity index (χ4n) is 4.83. The van der Waals surface area contributed by atoms with Gasteiger partial charge in [0.1, 0.15) is 5.01 Å². The van der Waals surface area contributed by atoms with Crippen LogP contribution >= 0.6 is 27.3 Å². The summed E-state index contributed by atoms with van der Waals surface area (Å²) in [6, 6.07) is 23.7. The van der Waals surface area contributed by atoms with Gasteiger partial charge in [0, 0.05) is 35.5 Å². The monoisotopic (exact) mass is 634 g/mol. The maximum absolute atomic E-state index is 13.6. The van der Waals surface area contributed by atoms with E-state index in [1.165, 1.54) is 16.9 Å². The minimum Gasteiger partial charge on any atom is -0.493 e. The molecule has 1 fully saturated rings. The molecule has 0 bridgehead atoms. The highest BCUT2D eigenvalue weighted by atomic mass is 79.9.